The molecule has 0 radical (unpaired) electrons. The molecule has 0 aliphatic carbocycles. The summed E-state index contributed by atoms with van der Waals surface area (Å²) >= 11 is 0. The van der Waals surface area contributed by atoms with Gasteiger partial charge in [0.1, 0.15) is 0 Å². The third-order valence-corrected chi connectivity index (χ3v) is 5.54. The van der Waals surface area contributed by atoms with Crippen molar-refractivity contribution in [2.75, 3.05) is 11.5 Å². The number of benzene rings is 2. The number of hydrogen-bond donors (Lipinski definition) is 1. The Hall–Kier alpha value is -1.88. The van der Waals surface area contributed by atoms with Gasteiger partial charge in [0.25, 0.3) is 0 Å². The standard InChI is InChI=1S/C16H17NO3S/c18-16(17-15-7-8-21(19,20)11-15)10-12-5-6-13-3-1-2-4-14(13)9-12/h1-6,9,15H,7-8,10-11H2,(H,17,18)/t15-/m1/s1. The Morgan fingerprint density at radius 2 is 1.90 bits per heavy atom. The molecule has 2 aromatic carbocycles. The van der Waals surface area contributed by atoms with Crippen molar-refractivity contribution in [2.45, 2.75) is 18.9 Å². The molecule has 1 fully saturated rings. The maximum absolute atomic E-state index is 12.0. The van der Waals surface area contributed by atoms with Crippen molar-refractivity contribution in [3.8, 4) is 0 Å². The van der Waals surface area contributed by atoms with Crippen LogP contribution in [0.15, 0.2) is 42.5 Å². The zero-order valence-corrected chi connectivity index (χ0v) is 12.4. The number of carbonyl (C=O) groups is 1. The second kappa shape index (κ2) is 5.48. The van der Waals surface area contributed by atoms with E-state index >= 15 is 0 Å². The second-order valence-electron chi connectivity index (χ2n) is 5.53. The van der Waals surface area contributed by atoms with E-state index in [2.05, 4.69) is 5.32 Å². The van der Waals surface area contributed by atoms with Gasteiger partial charge in [0.15, 0.2) is 9.84 Å². The number of amides is 1. The van der Waals surface area contributed by atoms with Crippen LogP contribution in [-0.4, -0.2) is 31.9 Å². The Labute approximate surface area is 124 Å². The van der Waals surface area contributed by atoms with E-state index in [1.54, 1.807) is 0 Å². The average Bonchev–Trinajstić information content (AvgIpc) is 2.77. The van der Waals surface area contributed by atoms with Gasteiger partial charge in [0.05, 0.1) is 17.9 Å². The van der Waals surface area contributed by atoms with Crippen molar-refractivity contribution in [3.63, 3.8) is 0 Å². The smallest absolute Gasteiger partial charge is 0.224 e. The lowest BCUT2D eigenvalue weighted by atomic mass is 10.0. The Balaban J connectivity index is 1.66. The molecule has 5 heteroatoms. The largest absolute Gasteiger partial charge is 0.352 e. The number of rotatable bonds is 3. The van der Waals surface area contributed by atoms with E-state index in [9.17, 15) is 13.2 Å². The molecule has 0 unspecified atom stereocenters. The minimum Gasteiger partial charge on any atom is -0.352 e. The first-order chi connectivity index (χ1) is 10.0. The van der Waals surface area contributed by atoms with Gasteiger partial charge in [-0.2, -0.15) is 0 Å². The summed E-state index contributed by atoms with van der Waals surface area (Å²) in [7, 11) is -2.96. The van der Waals surface area contributed by atoms with Crippen LogP contribution < -0.4 is 5.32 Å². The lowest BCUT2D eigenvalue weighted by molar-refractivity contribution is -0.120. The zero-order valence-electron chi connectivity index (χ0n) is 11.6. The van der Waals surface area contributed by atoms with Crippen LogP contribution >= 0.6 is 0 Å². The highest BCUT2D eigenvalue weighted by Crippen LogP contribution is 2.16. The van der Waals surface area contributed by atoms with Crippen LogP contribution in [0.4, 0.5) is 0 Å². The van der Waals surface area contributed by atoms with E-state index in [0.717, 1.165) is 16.3 Å². The molecule has 1 aliphatic rings. The summed E-state index contributed by atoms with van der Waals surface area (Å²) in [5, 5.41) is 5.06. The van der Waals surface area contributed by atoms with Crippen LogP contribution in [0.5, 0.6) is 0 Å². The van der Waals surface area contributed by atoms with Crippen molar-refractivity contribution < 1.29 is 13.2 Å². The predicted octanol–water partition coefficient (Wildman–Crippen LogP) is 1.69. The first-order valence-electron chi connectivity index (χ1n) is 6.99. The van der Waals surface area contributed by atoms with Gasteiger partial charge >= 0.3 is 0 Å². The molecule has 0 aromatic heterocycles. The van der Waals surface area contributed by atoms with Gasteiger partial charge in [-0.05, 0) is 22.8 Å². The molecule has 1 saturated heterocycles. The van der Waals surface area contributed by atoms with Gasteiger partial charge in [0.2, 0.25) is 5.91 Å². The quantitative estimate of drug-likeness (QED) is 0.938. The molecule has 1 atom stereocenters. The Bertz CT molecular complexity index is 783. The molecule has 4 nitrogen and oxygen atoms in total. The van der Waals surface area contributed by atoms with Crippen molar-refractivity contribution >= 4 is 26.5 Å². The number of nitrogens with one attached hydrogen (secondary N) is 1. The van der Waals surface area contributed by atoms with Crippen LogP contribution in [0.2, 0.25) is 0 Å². The highest BCUT2D eigenvalue weighted by molar-refractivity contribution is 7.91. The Morgan fingerprint density at radius 1 is 1.14 bits per heavy atom. The molecule has 0 spiro atoms. The Kier molecular flexibility index (Phi) is 3.68. The van der Waals surface area contributed by atoms with E-state index in [1.165, 1.54) is 0 Å². The van der Waals surface area contributed by atoms with Crippen molar-refractivity contribution in [1.82, 2.24) is 5.32 Å². The molecule has 1 amide bonds. The molecule has 1 heterocycles. The summed E-state index contributed by atoms with van der Waals surface area (Å²) in [5.41, 5.74) is 0.937. The highest BCUT2D eigenvalue weighted by atomic mass is 32.2. The van der Waals surface area contributed by atoms with E-state index in [0.29, 0.717) is 6.42 Å². The summed E-state index contributed by atoms with van der Waals surface area (Å²) in [4.78, 5) is 12.0. The lowest BCUT2D eigenvalue weighted by Crippen LogP contribution is -2.36. The van der Waals surface area contributed by atoms with Crippen LogP contribution in [0.3, 0.4) is 0 Å². The molecule has 1 aliphatic heterocycles. The van der Waals surface area contributed by atoms with Gasteiger partial charge < -0.3 is 5.32 Å². The third kappa shape index (κ3) is 3.42. The fourth-order valence-electron chi connectivity index (χ4n) is 2.72. The molecule has 1 N–H and O–H groups in total. The maximum Gasteiger partial charge on any atom is 0.224 e. The first kappa shape index (κ1) is 14.1. The minimum absolute atomic E-state index is 0.0659. The van der Waals surface area contributed by atoms with Gasteiger partial charge in [0, 0.05) is 6.04 Å². The van der Waals surface area contributed by atoms with Gasteiger partial charge in [-0.25, -0.2) is 8.42 Å². The van der Waals surface area contributed by atoms with Crippen LogP contribution in [0.25, 0.3) is 10.8 Å². The van der Waals surface area contributed by atoms with Crippen LogP contribution in [0.1, 0.15) is 12.0 Å². The summed E-state index contributed by atoms with van der Waals surface area (Å²) in [6, 6.07) is 13.7. The fourth-order valence-corrected chi connectivity index (χ4v) is 4.40. The number of carbonyl (C=O) groups excluding carboxylic acids is 1. The SMILES string of the molecule is O=C(Cc1ccc2ccccc2c1)N[C@@H]1CCS(=O)(=O)C1. The minimum atomic E-state index is -2.96. The van der Waals surface area contributed by atoms with Gasteiger partial charge in [-0.15, -0.1) is 0 Å². The van der Waals surface area contributed by atoms with Crippen molar-refractivity contribution in [3.05, 3.63) is 48.0 Å². The molecule has 2 aromatic rings. The van der Waals surface area contributed by atoms with E-state index < -0.39 is 9.84 Å². The maximum atomic E-state index is 12.0. The monoisotopic (exact) mass is 303 g/mol. The predicted molar refractivity (Wildman–Crippen MR) is 82.9 cm³/mol. The topological polar surface area (TPSA) is 63.2 Å². The highest BCUT2D eigenvalue weighted by Gasteiger charge is 2.28. The molecule has 3 rings (SSSR count). The third-order valence-electron chi connectivity index (χ3n) is 3.78. The number of fused-ring (bicyclic) bond motifs is 1. The molecule has 0 saturated carbocycles. The summed E-state index contributed by atoms with van der Waals surface area (Å²) in [6.45, 7) is 0. The molecule has 21 heavy (non-hydrogen) atoms. The fraction of sp³-hybridized carbons (Fsp3) is 0.312. The first-order valence-corrected chi connectivity index (χ1v) is 8.81. The molecular formula is C16H17NO3S. The van der Waals surface area contributed by atoms with Crippen LogP contribution in [-0.2, 0) is 21.1 Å². The molecule has 110 valence electrons. The van der Waals surface area contributed by atoms with Crippen LogP contribution in [0, 0.1) is 0 Å². The normalized spacial score (nSPS) is 20.5. The molecular weight excluding hydrogens is 286 g/mol. The number of hydrogen-bond acceptors (Lipinski definition) is 3. The van der Waals surface area contributed by atoms with Crippen molar-refractivity contribution in [1.29, 1.82) is 0 Å². The summed E-state index contributed by atoms with van der Waals surface area (Å²) in [5.74, 6) is 0.122. The van der Waals surface area contributed by atoms with Gasteiger partial charge in [-0.3, -0.25) is 4.79 Å². The molecule has 0 bridgehead atoms. The zero-order chi connectivity index (χ0) is 14.9. The Morgan fingerprint density at radius 3 is 2.62 bits per heavy atom. The van der Waals surface area contributed by atoms with E-state index in [1.807, 2.05) is 42.5 Å². The van der Waals surface area contributed by atoms with E-state index in [4.69, 9.17) is 0 Å². The number of sulfone groups is 1. The summed E-state index contributed by atoms with van der Waals surface area (Å²) < 4.78 is 22.8. The summed E-state index contributed by atoms with van der Waals surface area (Å²) in [6.07, 6.45) is 0.799. The second-order valence-corrected chi connectivity index (χ2v) is 7.75. The lowest BCUT2D eigenvalue weighted by Gasteiger charge is -2.11. The van der Waals surface area contributed by atoms with E-state index in [-0.39, 0.29) is 29.9 Å². The van der Waals surface area contributed by atoms with Crippen molar-refractivity contribution in [2.24, 2.45) is 0 Å². The van der Waals surface area contributed by atoms with Gasteiger partial charge in [-0.1, -0.05) is 42.5 Å². The average molecular weight is 303 g/mol.